The molecule has 140 valence electrons. The molecular formula is C18H10ClN3O6. The molecule has 2 aromatic carbocycles. The molecule has 2 aromatic rings. The standard InChI is InChI=1S/C18H10ClN3O6/c19-13-9-8-12(10-16(13)22(26)27)17-20-14(18(23)28-17)6-3-5-11-4-1-2-7-15(11)21(24)25/h1-10H/b5-3+,14-6-. The van der Waals surface area contributed by atoms with E-state index in [2.05, 4.69) is 4.99 Å². The third-order valence-electron chi connectivity index (χ3n) is 3.67. The first-order valence-corrected chi connectivity index (χ1v) is 8.11. The number of ether oxygens (including phenoxy) is 1. The van der Waals surface area contributed by atoms with Crippen LogP contribution in [0.15, 0.2) is 65.3 Å². The van der Waals surface area contributed by atoms with Crippen LogP contribution in [0.4, 0.5) is 11.4 Å². The number of nitro benzene ring substituents is 2. The second-order valence-electron chi connectivity index (χ2n) is 5.46. The molecule has 0 fully saturated rings. The normalized spacial score (nSPS) is 15.0. The molecule has 0 aromatic heterocycles. The van der Waals surface area contributed by atoms with Gasteiger partial charge in [0.2, 0.25) is 5.90 Å². The molecule has 0 N–H and O–H groups in total. The van der Waals surface area contributed by atoms with Crippen LogP contribution in [0.2, 0.25) is 5.02 Å². The molecule has 0 spiro atoms. The average molecular weight is 400 g/mol. The number of aliphatic imine (C=N–C) groups is 1. The van der Waals surface area contributed by atoms with E-state index in [1.54, 1.807) is 18.2 Å². The van der Waals surface area contributed by atoms with Crippen LogP contribution in [0.3, 0.4) is 0 Å². The van der Waals surface area contributed by atoms with Crippen molar-refractivity contribution in [1.82, 2.24) is 0 Å². The van der Waals surface area contributed by atoms with E-state index < -0.39 is 15.8 Å². The molecule has 0 bridgehead atoms. The highest BCUT2D eigenvalue weighted by atomic mass is 35.5. The topological polar surface area (TPSA) is 125 Å². The van der Waals surface area contributed by atoms with Crippen molar-refractivity contribution in [1.29, 1.82) is 0 Å². The third kappa shape index (κ3) is 3.94. The van der Waals surface area contributed by atoms with Gasteiger partial charge in [-0.2, -0.15) is 0 Å². The summed E-state index contributed by atoms with van der Waals surface area (Å²) in [5.41, 5.74) is 0.0987. The number of carbonyl (C=O) groups is 1. The number of hydrogen-bond acceptors (Lipinski definition) is 7. The number of nitro groups is 2. The Morgan fingerprint density at radius 1 is 1.04 bits per heavy atom. The quantitative estimate of drug-likeness (QED) is 0.323. The molecule has 10 heteroatoms. The fraction of sp³-hybridized carbons (Fsp3) is 0. The van der Waals surface area contributed by atoms with Gasteiger partial charge in [-0.25, -0.2) is 9.79 Å². The van der Waals surface area contributed by atoms with Gasteiger partial charge in [-0.3, -0.25) is 20.2 Å². The van der Waals surface area contributed by atoms with Gasteiger partial charge in [0.15, 0.2) is 5.70 Å². The van der Waals surface area contributed by atoms with Crippen LogP contribution < -0.4 is 0 Å². The molecule has 0 atom stereocenters. The summed E-state index contributed by atoms with van der Waals surface area (Å²) in [5, 5.41) is 21.9. The number of esters is 1. The molecule has 28 heavy (non-hydrogen) atoms. The van der Waals surface area contributed by atoms with Gasteiger partial charge in [-0.15, -0.1) is 0 Å². The maximum atomic E-state index is 12.0. The van der Waals surface area contributed by atoms with Crippen molar-refractivity contribution < 1.29 is 19.4 Å². The number of hydrogen-bond donors (Lipinski definition) is 0. The van der Waals surface area contributed by atoms with Gasteiger partial charge in [0, 0.05) is 17.7 Å². The predicted octanol–water partition coefficient (Wildman–Crippen LogP) is 4.06. The Hall–Kier alpha value is -3.85. The number of cyclic esters (lactones) is 1. The number of halogens is 1. The summed E-state index contributed by atoms with van der Waals surface area (Å²) in [6, 6.07) is 10.0. The smallest absolute Gasteiger partial charge is 0.363 e. The minimum absolute atomic E-state index is 0.0533. The summed E-state index contributed by atoms with van der Waals surface area (Å²) in [4.78, 5) is 36.8. The van der Waals surface area contributed by atoms with E-state index in [1.807, 2.05) is 0 Å². The van der Waals surface area contributed by atoms with E-state index in [4.69, 9.17) is 16.3 Å². The first kappa shape index (κ1) is 18.9. The highest BCUT2D eigenvalue weighted by Crippen LogP contribution is 2.27. The van der Waals surface area contributed by atoms with Crippen LogP contribution in [0, 0.1) is 20.2 Å². The largest absolute Gasteiger partial charge is 0.402 e. The zero-order valence-corrected chi connectivity index (χ0v) is 14.7. The SMILES string of the molecule is O=C1OC(c2ccc(Cl)c([N+](=O)[O-])c2)=N/C1=C\C=C\c1ccccc1[N+](=O)[O-]. The summed E-state index contributed by atoms with van der Waals surface area (Å²) in [6.45, 7) is 0. The molecule has 0 radical (unpaired) electrons. The Kier molecular flexibility index (Phi) is 5.28. The van der Waals surface area contributed by atoms with E-state index in [0.29, 0.717) is 5.56 Å². The number of benzene rings is 2. The average Bonchev–Trinajstić information content (AvgIpc) is 3.03. The van der Waals surface area contributed by atoms with Crippen molar-refractivity contribution in [3.63, 3.8) is 0 Å². The number of para-hydroxylation sites is 1. The van der Waals surface area contributed by atoms with Crippen molar-refractivity contribution in [3.8, 4) is 0 Å². The van der Waals surface area contributed by atoms with Gasteiger partial charge in [-0.1, -0.05) is 29.8 Å². The molecular weight excluding hydrogens is 390 g/mol. The van der Waals surface area contributed by atoms with Crippen LogP contribution >= 0.6 is 11.6 Å². The maximum absolute atomic E-state index is 12.0. The van der Waals surface area contributed by atoms with Crippen molar-refractivity contribution in [3.05, 3.63) is 96.7 Å². The van der Waals surface area contributed by atoms with E-state index >= 15 is 0 Å². The predicted molar refractivity (Wildman–Crippen MR) is 101 cm³/mol. The van der Waals surface area contributed by atoms with Crippen molar-refractivity contribution in [2.24, 2.45) is 4.99 Å². The van der Waals surface area contributed by atoms with E-state index in [1.165, 1.54) is 36.4 Å². The summed E-state index contributed by atoms with van der Waals surface area (Å²) >= 11 is 5.76. The lowest BCUT2D eigenvalue weighted by atomic mass is 10.1. The van der Waals surface area contributed by atoms with Crippen molar-refractivity contribution >= 4 is 40.9 Å². The highest BCUT2D eigenvalue weighted by molar-refractivity contribution is 6.32. The summed E-state index contributed by atoms with van der Waals surface area (Å²) in [5.74, 6) is -0.852. The molecule has 1 aliphatic heterocycles. The Morgan fingerprint density at radius 3 is 2.46 bits per heavy atom. The van der Waals surface area contributed by atoms with Crippen molar-refractivity contribution in [2.75, 3.05) is 0 Å². The molecule has 0 aliphatic carbocycles. The lowest BCUT2D eigenvalue weighted by Gasteiger charge is -2.00. The summed E-state index contributed by atoms with van der Waals surface area (Å²) < 4.78 is 5.03. The van der Waals surface area contributed by atoms with Crippen LogP contribution in [0.25, 0.3) is 6.08 Å². The Morgan fingerprint density at radius 2 is 1.75 bits per heavy atom. The molecule has 9 nitrogen and oxygen atoms in total. The van der Waals surface area contributed by atoms with E-state index in [9.17, 15) is 25.0 Å². The second-order valence-corrected chi connectivity index (χ2v) is 5.86. The van der Waals surface area contributed by atoms with Crippen LogP contribution in [0.5, 0.6) is 0 Å². The van der Waals surface area contributed by atoms with Gasteiger partial charge < -0.3 is 4.74 Å². The van der Waals surface area contributed by atoms with Crippen LogP contribution in [0.1, 0.15) is 11.1 Å². The number of rotatable bonds is 5. The minimum atomic E-state index is -0.750. The number of carbonyl (C=O) groups excluding carboxylic acids is 1. The molecule has 0 saturated heterocycles. The Balaban J connectivity index is 1.87. The lowest BCUT2D eigenvalue weighted by molar-refractivity contribution is -0.385. The van der Waals surface area contributed by atoms with Crippen molar-refractivity contribution in [2.45, 2.75) is 0 Å². The second kappa shape index (κ2) is 7.80. The monoisotopic (exact) mass is 399 g/mol. The first-order chi connectivity index (χ1) is 13.4. The third-order valence-corrected chi connectivity index (χ3v) is 3.99. The zero-order valence-electron chi connectivity index (χ0n) is 13.9. The Bertz CT molecular complexity index is 1090. The van der Waals surface area contributed by atoms with Crippen LogP contribution in [-0.2, 0) is 9.53 Å². The fourth-order valence-electron chi connectivity index (χ4n) is 2.37. The zero-order chi connectivity index (χ0) is 20.3. The lowest BCUT2D eigenvalue weighted by Crippen LogP contribution is -2.06. The molecule has 0 amide bonds. The number of nitrogens with zero attached hydrogens (tertiary/aromatic N) is 3. The maximum Gasteiger partial charge on any atom is 0.363 e. The fourth-order valence-corrected chi connectivity index (χ4v) is 2.56. The molecule has 1 heterocycles. The van der Waals surface area contributed by atoms with Gasteiger partial charge >= 0.3 is 5.97 Å². The minimum Gasteiger partial charge on any atom is -0.402 e. The number of allylic oxidation sites excluding steroid dienone is 2. The first-order valence-electron chi connectivity index (χ1n) is 7.74. The summed E-state index contributed by atoms with van der Waals surface area (Å²) in [6.07, 6.45) is 4.21. The molecule has 0 saturated carbocycles. The molecule has 1 aliphatic rings. The highest BCUT2D eigenvalue weighted by Gasteiger charge is 2.25. The van der Waals surface area contributed by atoms with E-state index in [0.717, 1.165) is 6.07 Å². The van der Waals surface area contributed by atoms with Gasteiger partial charge in [0.25, 0.3) is 11.4 Å². The molecule has 0 unspecified atom stereocenters. The van der Waals surface area contributed by atoms with Gasteiger partial charge in [-0.05, 0) is 30.4 Å². The van der Waals surface area contributed by atoms with E-state index in [-0.39, 0.29) is 33.6 Å². The summed E-state index contributed by atoms with van der Waals surface area (Å²) in [7, 11) is 0. The van der Waals surface area contributed by atoms with Gasteiger partial charge in [0.1, 0.15) is 5.02 Å². The van der Waals surface area contributed by atoms with Crippen LogP contribution in [-0.4, -0.2) is 21.7 Å². The van der Waals surface area contributed by atoms with Gasteiger partial charge in [0.05, 0.1) is 15.4 Å². The Labute approximate surface area is 162 Å². The molecule has 3 rings (SSSR count).